The number of halogens is 4. The monoisotopic (exact) mass is 429 g/mol. The highest BCUT2D eigenvalue weighted by Gasteiger charge is 2.32. The smallest absolute Gasteiger partial charge is 0.416 e. The van der Waals surface area contributed by atoms with Crippen LogP contribution in [-0.2, 0) is 10.9 Å². The SMILES string of the molecule is COc1ccc(Cl)cc1C(=O)c1cc(C(F)(F)F)ccc1NC(=O)OC(C)(C)C. The number of carbonyl (C=O) groups excluding carboxylic acids is 2. The van der Waals surface area contributed by atoms with Crippen molar-refractivity contribution in [2.24, 2.45) is 0 Å². The van der Waals surface area contributed by atoms with Crippen LogP contribution in [0.3, 0.4) is 0 Å². The van der Waals surface area contributed by atoms with Crippen molar-refractivity contribution in [2.75, 3.05) is 12.4 Å². The van der Waals surface area contributed by atoms with Crippen LogP contribution in [0, 0.1) is 0 Å². The van der Waals surface area contributed by atoms with E-state index in [2.05, 4.69) is 5.32 Å². The van der Waals surface area contributed by atoms with E-state index in [1.807, 2.05) is 0 Å². The summed E-state index contributed by atoms with van der Waals surface area (Å²) >= 11 is 5.93. The Morgan fingerprint density at radius 3 is 2.21 bits per heavy atom. The molecule has 0 fully saturated rings. The molecule has 0 heterocycles. The summed E-state index contributed by atoms with van der Waals surface area (Å²) in [6.07, 6.45) is -5.60. The van der Waals surface area contributed by atoms with Crippen LogP contribution in [0.25, 0.3) is 0 Å². The van der Waals surface area contributed by atoms with Gasteiger partial charge in [-0.2, -0.15) is 13.2 Å². The lowest BCUT2D eigenvalue weighted by Gasteiger charge is -2.21. The Hall–Kier alpha value is -2.74. The Balaban J connectivity index is 2.56. The van der Waals surface area contributed by atoms with Gasteiger partial charge in [0.1, 0.15) is 11.4 Å². The van der Waals surface area contributed by atoms with Crippen LogP contribution in [-0.4, -0.2) is 24.6 Å². The molecular weight excluding hydrogens is 411 g/mol. The molecule has 2 aromatic carbocycles. The predicted octanol–water partition coefficient (Wildman–Crippen LogP) is 5.95. The van der Waals surface area contributed by atoms with E-state index in [1.165, 1.54) is 25.3 Å². The van der Waals surface area contributed by atoms with Gasteiger partial charge in [0, 0.05) is 10.6 Å². The average molecular weight is 430 g/mol. The number of carbonyl (C=O) groups is 2. The van der Waals surface area contributed by atoms with Crippen LogP contribution in [0.2, 0.25) is 5.02 Å². The normalized spacial score (nSPS) is 11.7. The summed E-state index contributed by atoms with van der Waals surface area (Å²) in [6, 6.07) is 6.60. The van der Waals surface area contributed by atoms with E-state index < -0.39 is 29.2 Å². The summed E-state index contributed by atoms with van der Waals surface area (Å²) in [4.78, 5) is 25.1. The fourth-order valence-electron chi connectivity index (χ4n) is 2.43. The molecule has 1 N–H and O–H groups in total. The molecular formula is C20H19ClF3NO4. The van der Waals surface area contributed by atoms with Crippen molar-refractivity contribution < 1.29 is 32.2 Å². The zero-order valence-corrected chi connectivity index (χ0v) is 16.9. The molecule has 0 spiro atoms. The van der Waals surface area contributed by atoms with E-state index in [9.17, 15) is 22.8 Å². The van der Waals surface area contributed by atoms with Gasteiger partial charge >= 0.3 is 12.3 Å². The fourth-order valence-corrected chi connectivity index (χ4v) is 2.61. The van der Waals surface area contributed by atoms with Crippen LogP contribution in [0.4, 0.5) is 23.7 Å². The number of amides is 1. The number of nitrogens with one attached hydrogen (secondary N) is 1. The zero-order chi connectivity index (χ0) is 22.0. The molecule has 5 nitrogen and oxygen atoms in total. The molecule has 156 valence electrons. The van der Waals surface area contributed by atoms with E-state index in [4.69, 9.17) is 21.1 Å². The number of anilines is 1. The van der Waals surface area contributed by atoms with E-state index >= 15 is 0 Å². The first-order chi connectivity index (χ1) is 13.3. The second kappa shape index (κ2) is 8.32. The standard InChI is InChI=1S/C20H19ClF3NO4/c1-19(2,3)29-18(27)25-15-7-5-11(20(22,23)24)9-13(15)17(26)14-10-12(21)6-8-16(14)28-4/h5-10H,1-4H3,(H,25,27). The van der Waals surface area contributed by atoms with Gasteiger partial charge in [-0.25, -0.2) is 4.79 Å². The Morgan fingerprint density at radius 2 is 1.66 bits per heavy atom. The van der Waals surface area contributed by atoms with Gasteiger partial charge in [0.2, 0.25) is 0 Å². The molecule has 29 heavy (non-hydrogen) atoms. The number of ketones is 1. The first-order valence-electron chi connectivity index (χ1n) is 8.41. The molecule has 9 heteroatoms. The molecule has 1 amide bonds. The number of alkyl halides is 3. The summed E-state index contributed by atoms with van der Waals surface area (Å²) in [7, 11) is 1.31. The zero-order valence-electron chi connectivity index (χ0n) is 16.1. The van der Waals surface area contributed by atoms with Crippen molar-refractivity contribution >= 4 is 29.2 Å². The largest absolute Gasteiger partial charge is 0.496 e. The quantitative estimate of drug-likeness (QED) is 0.610. The molecule has 2 rings (SSSR count). The lowest BCUT2D eigenvalue weighted by molar-refractivity contribution is -0.137. The van der Waals surface area contributed by atoms with Gasteiger partial charge in [0.15, 0.2) is 5.78 Å². The van der Waals surface area contributed by atoms with Crippen LogP contribution >= 0.6 is 11.6 Å². The molecule has 0 aromatic heterocycles. The van der Waals surface area contributed by atoms with Gasteiger partial charge in [-0.3, -0.25) is 10.1 Å². The summed E-state index contributed by atoms with van der Waals surface area (Å²) < 4.78 is 49.8. The highest BCUT2D eigenvalue weighted by atomic mass is 35.5. The van der Waals surface area contributed by atoms with Gasteiger partial charge in [-0.05, 0) is 57.2 Å². The number of benzene rings is 2. The van der Waals surface area contributed by atoms with Crippen molar-refractivity contribution in [1.29, 1.82) is 0 Å². The van der Waals surface area contributed by atoms with Gasteiger partial charge in [0.05, 0.1) is 23.9 Å². The van der Waals surface area contributed by atoms with E-state index in [1.54, 1.807) is 20.8 Å². The third-order valence-electron chi connectivity index (χ3n) is 3.63. The Morgan fingerprint density at radius 1 is 1.00 bits per heavy atom. The third kappa shape index (κ3) is 5.87. The molecule has 0 unspecified atom stereocenters. The molecule has 0 saturated heterocycles. The van der Waals surface area contributed by atoms with Crippen LogP contribution in [0.15, 0.2) is 36.4 Å². The van der Waals surface area contributed by atoms with Crippen molar-refractivity contribution in [3.8, 4) is 5.75 Å². The molecule has 0 bridgehead atoms. The van der Waals surface area contributed by atoms with E-state index in [0.717, 1.165) is 12.1 Å². The number of hydrogen-bond donors (Lipinski definition) is 1. The number of rotatable bonds is 4. The second-order valence-corrected chi connectivity index (χ2v) is 7.50. The minimum absolute atomic E-state index is 0.0495. The molecule has 0 saturated carbocycles. The Labute approximate surface area is 170 Å². The van der Waals surface area contributed by atoms with E-state index in [-0.39, 0.29) is 27.6 Å². The van der Waals surface area contributed by atoms with Crippen molar-refractivity contribution in [3.63, 3.8) is 0 Å². The second-order valence-electron chi connectivity index (χ2n) is 7.06. The average Bonchev–Trinajstić information content (AvgIpc) is 2.58. The van der Waals surface area contributed by atoms with Crippen LogP contribution < -0.4 is 10.1 Å². The van der Waals surface area contributed by atoms with Crippen LogP contribution in [0.1, 0.15) is 42.3 Å². The minimum Gasteiger partial charge on any atom is -0.496 e. The first-order valence-corrected chi connectivity index (χ1v) is 8.79. The predicted molar refractivity (Wildman–Crippen MR) is 103 cm³/mol. The highest BCUT2D eigenvalue weighted by Crippen LogP contribution is 2.34. The highest BCUT2D eigenvalue weighted by molar-refractivity contribution is 6.31. The van der Waals surface area contributed by atoms with Gasteiger partial charge < -0.3 is 9.47 Å². The maximum atomic E-state index is 13.2. The summed E-state index contributed by atoms with van der Waals surface area (Å²) in [5.74, 6) is -0.679. The fraction of sp³-hybridized carbons (Fsp3) is 0.300. The Bertz CT molecular complexity index is 936. The third-order valence-corrected chi connectivity index (χ3v) is 3.87. The summed E-state index contributed by atoms with van der Waals surface area (Å²) in [5, 5.41) is 2.52. The lowest BCUT2D eigenvalue weighted by atomic mass is 9.98. The first kappa shape index (κ1) is 22.5. The van der Waals surface area contributed by atoms with Crippen molar-refractivity contribution in [2.45, 2.75) is 32.5 Å². The molecule has 0 atom stereocenters. The minimum atomic E-state index is -4.68. The summed E-state index contributed by atoms with van der Waals surface area (Å²) in [5.41, 5.74) is -2.45. The molecule has 0 aliphatic rings. The van der Waals surface area contributed by atoms with Crippen molar-refractivity contribution in [1.82, 2.24) is 0 Å². The number of ether oxygens (including phenoxy) is 2. The molecule has 0 aliphatic heterocycles. The molecule has 2 aromatic rings. The maximum absolute atomic E-state index is 13.2. The molecule has 0 radical (unpaired) electrons. The number of methoxy groups -OCH3 is 1. The maximum Gasteiger partial charge on any atom is 0.416 e. The van der Waals surface area contributed by atoms with Crippen molar-refractivity contribution in [3.05, 3.63) is 58.1 Å². The topological polar surface area (TPSA) is 64.6 Å². The lowest BCUT2D eigenvalue weighted by Crippen LogP contribution is -2.28. The summed E-state index contributed by atoms with van der Waals surface area (Å²) in [6.45, 7) is 4.88. The molecule has 0 aliphatic carbocycles. The van der Waals surface area contributed by atoms with Crippen LogP contribution in [0.5, 0.6) is 5.75 Å². The van der Waals surface area contributed by atoms with Gasteiger partial charge in [-0.15, -0.1) is 0 Å². The number of hydrogen-bond acceptors (Lipinski definition) is 4. The van der Waals surface area contributed by atoms with Gasteiger partial charge in [-0.1, -0.05) is 11.6 Å². The Kier molecular flexibility index (Phi) is 6.47. The van der Waals surface area contributed by atoms with E-state index in [0.29, 0.717) is 6.07 Å². The van der Waals surface area contributed by atoms with Gasteiger partial charge in [0.25, 0.3) is 0 Å².